The highest BCUT2D eigenvalue weighted by atomic mass is 32.2. The Balaban J connectivity index is 2.63. The monoisotopic (exact) mass is 222 g/mol. The van der Waals surface area contributed by atoms with E-state index in [9.17, 15) is 4.79 Å². The van der Waals surface area contributed by atoms with Crippen LogP contribution in [0.1, 0.15) is 18.2 Å². The first-order valence-electron chi connectivity index (χ1n) is 4.61. The Morgan fingerprint density at radius 1 is 1.67 bits per heavy atom. The Kier molecular flexibility index (Phi) is 4.37. The van der Waals surface area contributed by atoms with Crippen LogP contribution in [0.15, 0.2) is 18.3 Å². The van der Waals surface area contributed by atoms with Gasteiger partial charge in [-0.2, -0.15) is 0 Å². The number of nitrogens with two attached hydrogens (primary N) is 1. The van der Waals surface area contributed by atoms with Gasteiger partial charge >= 0.3 is 0 Å². The Morgan fingerprint density at radius 2 is 2.40 bits per heavy atom. The maximum Gasteiger partial charge on any atom is 0.186 e. The second kappa shape index (κ2) is 5.56. The molecule has 0 bridgehead atoms. The predicted molar refractivity (Wildman–Crippen MR) is 65.6 cm³/mol. The molecular formula is C11H14N2OS. The van der Waals surface area contributed by atoms with Crippen molar-refractivity contribution in [3.05, 3.63) is 29.6 Å². The molecule has 0 atom stereocenters. The van der Waals surface area contributed by atoms with Gasteiger partial charge in [-0.05, 0) is 18.6 Å². The van der Waals surface area contributed by atoms with E-state index >= 15 is 0 Å². The van der Waals surface area contributed by atoms with Crippen LogP contribution >= 0.6 is 11.8 Å². The first-order chi connectivity index (χ1) is 7.09. The van der Waals surface area contributed by atoms with Crippen molar-refractivity contribution in [1.29, 1.82) is 0 Å². The zero-order valence-electron chi connectivity index (χ0n) is 8.86. The van der Waals surface area contributed by atoms with Gasteiger partial charge in [0, 0.05) is 18.4 Å². The Bertz CT molecular complexity index is 388. The molecule has 0 radical (unpaired) electrons. The molecule has 80 valence electrons. The van der Waals surface area contributed by atoms with E-state index in [2.05, 4.69) is 4.98 Å². The van der Waals surface area contributed by atoms with Crippen LogP contribution in [0.5, 0.6) is 0 Å². The molecule has 1 heterocycles. The molecule has 15 heavy (non-hydrogen) atoms. The number of pyridine rings is 1. The molecule has 4 heteroatoms. The van der Waals surface area contributed by atoms with E-state index in [4.69, 9.17) is 5.73 Å². The number of carbonyl (C=O) groups is 1. The van der Waals surface area contributed by atoms with Crippen molar-refractivity contribution in [1.82, 2.24) is 4.98 Å². The zero-order chi connectivity index (χ0) is 11.3. The standard InChI is InChI=1S/C11H14N2OS/c1-8-10(6-11(12)7-13-8)4-3-5-15-9(2)14/h3-4,6-7H,5,12H2,1-2H3. The number of carbonyl (C=O) groups excluding carboxylic acids is 1. The van der Waals surface area contributed by atoms with Gasteiger partial charge in [-0.15, -0.1) is 0 Å². The number of anilines is 1. The molecule has 1 rings (SSSR count). The molecule has 0 spiro atoms. The van der Waals surface area contributed by atoms with E-state index in [1.807, 2.05) is 25.1 Å². The van der Waals surface area contributed by atoms with Crippen LogP contribution in [-0.4, -0.2) is 15.9 Å². The van der Waals surface area contributed by atoms with Crippen molar-refractivity contribution in [2.45, 2.75) is 13.8 Å². The molecule has 3 nitrogen and oxygen atoms in total. The second-order valence-corrected chi connectivity index (χ2v) is 4.35. The number of hydrogen-bond acceptors (Lipinski definition) is 4. The number of aromatic nitrogens is 1. The van der Waals surface area contributed by atoms with Gasteiger partial charge in [0.1, 0.15) is 0 Å². The second-order valence-electron chi connectivity index (χ2n) is 3.15. The number of thioether (sulfide) groups is 1. The molecule has 0 aliphatic rings. The summed E-state index contributed by atoms with van der Waals surface area (Å²) in [6.07, 6.45) is 5.52. The summed E-state index contributed by atoms with van der Waals surface area (Å²) in [5, 5.41) is 0.127. The van der Waals surface area contributed by atoms with Gasteiger partial charge in [0.25, 0.3) is 0 Å². The number of hydrogen-bond donors (Lipinski definition) is 1. The van der Waals surface area contributed by atoms with Crippen molar-refractivity contribution >= 4 is 28.6 Å². The van der Waals surface area contributed by atoms with Crippen molar-refractivity contribution in [2.75, 3.05) is 11.5 Å². The first-order valence-corrected chi connectivity index (χ1v) is 5.60. The lowest BCUT2D eigenvalue weighted by atomic mass is 10.2. The molecule has 0 aliphatic carbocycles. The van der Waals surface area contributed by atoms with Crippen LogP contribution < -0.4 is 5.73 Å². The maximum absolute atomic E-state index is 10.7. The van der Waals surface area contributed by atoms with Gasteiger partial charge in [-0.3, -0.25) is 9.78 Å². The third-order valence-electron chi connectivity index (χ3n) is 1.83. The largest absolute Gasteiger partial charge is 0.397 e. The van der Waals surface area contributed by atoms with Crippen molar-refractivity contribution in [2.24, 2.45) is 0 Å². The lowest BCUT2D eigenvalue weighted by Crippen LogP contribution is -1.91. The fraction of sp³-hybridized carbons (Fsp3) is 0.273. The number of nitrogen functional groups attached to an aromatic ring is 1. The van der Waals surface area contributed by atoms with Gasteiger partial charge in [0.15, 0.2) is 5.12 Å². The molecular weight excluding hydrogens is 208 g/mol. The van der Waals surface area contributed by atoms with Gasteiger partial charge < -0.3 is 5.73 Å². The number of aryl methyl sites for hydroxylation is 1. The molecule has 0 amide bonds. The average Bonchev–Trinajstić information content (AvgIpc) is 2.17. The SMILES string of the molecule is CC(=O)SCC=Cc1cc(N)cnc1C. The fourth-order valence-corrected chi connectivity index (χ4v) is 1.50. The molecule has 0 unspecified atom stereocenters. The third kappa shape index (κ3) is 4.16. The van der Waals surface area contributed by atoms with Crippen LogP contribution in [0.3, 0.4) is 0 Å². The van der Waals surface area contributed by atoms with Crippen molar-refractivity contribution in [3.63, 3.8) is 0 Å². The van der Waals surface area contributed by atoms with Gasteiger partial charge in [0.05, 0.1) is 11.9 Å². The van der Waals surface area contributed by atoms with E-state index in [-0.39, 0.29) is 5.12 Å². The van der Waals surface area contributed by atoms with Gasteiger partial charge in [-0.25, -0.2) is 0 Å². The van der Waals surface area contributed by atoms with E-state index in [0.29, 0.717) is 11.4 Å². The molecule has 0 saturated heterocycles. The highest BCUT2D eigenvalue weighted by Gasteiger charge is 1.96. The van der Waals surface area contributed by atoms with Gasteiger partial charge in [0.2, 0.25) is 0 Å². The summed E-state index contributed by atoms with van der Waals surface area (Å²) in [7, 11) is 0. The van der Waals surface area contributed by atoms with Crippen LogP contribution in [0.2, 0.25) is 0 Å². The fourth-order valence-electron chi connectivity index (χ4n) is 1.08. The van der Waals surface area contributed by atoms with E-state index in [1.165, 1.54) is 11.8 Å². The minimum atomic E-state index is 0.127. The maximum atomic E-state index is 10.7. The summed E-state index contributed by atoms with van der Waals surface area (Å²) in [6.45, 7) is 3.49. The summed E-state index contributed by atoms with van der Waals surface area (Å²) in [6, 6.07) is 1.87. The summed E-state index contributed by atoms with van der Waals surface area (Å²) in [4.78, 5) is 14.8. The predicted octanol–water partition coefficient (Wildman–Crippen LogP) is 2.27. The summed E-state index contributed by atoms with van der Waals surface area (Å²) in [5.41, 5.74) is 8.21. The van der Waals surface area contributed by atoms with E-state index < -0.39 is 0 Å². The number of nitrogens with zero attached hydrogens (tertiary/aromatic N) is 1. The minimum absolute atomic E-state index is 0.127. The average molecular weight is 222 g/mol. The van der Waals surface area contributed by atoms with Gasteiger partial charge in [-0.1, -0.05) is 23.9 Å². The minimum Gasteiger partial charge on any atom is -0.397 e. The smallest absolute Gasteiger partial charge is 0.186 e. The van der Waals surface area contributed by atoms with Crippen LogP contribution in [0, 0.1) is 6.92 Å². The topological polar surface area (TPSA) is 56.0 Å². The summed E-state index contributed by atoms with van der Waals surface area (Å²) in [5.74, 6) is 0.684. The van der Waals surface area contributed by atoms with E-state index in [1.54, 1.807) is 13.1 Å². The summed E-state index contributed by atoms with van der Waals surface area (Å²) >= 11 is 1.28. The van der Waals surface area contributed by atoms with Crippen molar-refractivity contribution < 1.29 is 4.79 Å². The molecule has 0 saturated carbocycles. The van der Waals surface area contributed by atoms with Crippen LogP contribution in [0.4, 0.5) is 5.69 Å². The Labute approximate surface area is 93.8 Å². The first kappa shape index (κ1) is 11.8. The Hall–Kier alpha value is -1.29. The van der Waals surface area contributed by atoms with Crippen LogP contribution in [-0.2, 0) is 4.79 Å². The third-order valence-corrected chi connectivity index (χ3v) is 2.59. The normalized spacial score (nSPS) is 10.8. The lowest BCUT2D eigenvalue weighted by molar-refractivity contribution is -0.109. The molecule has 1 aromatic rings. The highest BCUT2D eigenvalue weighted by Crippen LogP contribution is 2.12. The molecule has 1 aromatic heterocycles. The molecule has 0 aromatic carbocycles. The number of rotatable bonds is 3. The zero-order valence-corrected chi connectivity index (χ0v) is 9.67. The van der Waals surface area contributed by atoms with Crippen molar-refractivity contribution in [3.8, 4) is 0 Å². The highest BCUT2D eigenvalue weighted by molar-refractivity contribution is 8.13. The lowest BCUT2D eigenvalue weighted by Gasteiger charge is -2.00. The quantitative estimate of drug-likeness (QED) is 0.852. The Morgan fingerprint density at radius 3 is 3.07 bits per heavy atom. The molecule has 0 fully saturated rings. The van der Waals surface area contributed by atoms with E-state index in [0.717, 1.165) is 11.3 Å². The molecule has 0 aliphatic heterocycles. The summed E-state index contributed by atoms with van der Waals surface area (Å²) < 4.78 is 0. The molecule has 2 N–H and O–H groups in total. The van der Waals surface area contributed by atoms with Crippen LogP contribution in [0.25, 0.3) is 6.08 Å².